The predicted octanol–water partition coefficient (Wildman–Crippen LogP) is 14.4. The maximum atomic E-state index is 15.3. The third-order valence-corrected chi connectivity index (χ3v) is 12.3. The maximum absolute atomic E-state index is 15.3. The largest absolute Gasteiger partial charge is 0.490 e. The van der Waals surface area contributed by atoms with Crippen LogP contribution in [0.2, 0.25) is 0 Å². The van der Waals surface area contributed by atoms with E-state index in [1.165, 1.54) is 77.0 Å². The average molecular weight is 839 g/mol. The first-order valence-electron chi connectivity index (χ1n) is 24.6. The standard InChI is InChI=1S/C57H74O5/c1-5-9-13-17-27-35-59-49-39-45-46-40-50(60-36-28-18-14-10-6-2)52(62-38-30-20-16-12-8-4)42-48(46)56-54(44-33-25-22-26-34-44)57(58)53(43-31-23-21-24-32-43)55(56)47(45)41-51(49)61-37-29-19-15-11-7-3/h21-26,31-34,39-42H,5-20,27-30,35-38H2,1-4H3. The molecule has 5 aromatic rings. The van der Waals surface area contributed by atoms with Crippen molar-refractivity contribution in [2.75, 3.05) is 26.4 Å². The van der Waals surface area contributed by atoms with Gasteiger partial charge >= 0.3 is 0 Å². The maximum Gasteiger partial charge on any atom is 0.195 e. The number of fused-ring (bicyclic) bond motifs is 6. The molecule has 332 valence electrons. The molecule has 0 spiro atoms. The lowest BCUT2D eigenvalue weighted by Gasteiger charge is -2.18. The monoisotopic (exact) mass is 839 g/mol. The zero-order valence-electron chi connectivity index (χ0n) is 38.6. The van der Waals surface area contributed by atoms with Crippen molar-refractivity contribution in [3.63, 3.8) is 0 Å². The number of unbranched alkanes of at least 4 members (excludes halogenated alkanes) is 16. The molecule has 1 aliphatic rings. The quantitative estimate of drug-likeness (QED) is 0.0341. The topological polar surface area (TPSA) is 54.0 Å². The van der Waals surface area contributed by atoms with Gasteiger partial charge in [-0.15, -0.1) is 0 Å². The number of Topliss-reactive ketones (excluding diaryl/α,β-unsaturated/α-hetero) is 1. The van der Waals surface area contributed by atoms with Crippen LogP contribution in [0.5, 0.6) is 23.0 Å². The minimum Gasteiger partial charge on any atom is -0.490 e. The van der Waals surface area contributed by atoms with Crippen molar-refractivity contribution in [2.45, 2.75) is 156 Å². The summed E-state index contributed by atoms with van der Waals surface area (Å²) in [5.41, 5.74) is 3.24. The van der Waals surface area contributed by atoms with Crippen LogP contribution in [-0.4, -0.2) is 32.2 Å². The second-order valence-corrected chi connectivity index (χ2v) is 17.3. The lowest BCUT2D eigenvalue weighted by atomic mass is 9.94. The Kier molecular flexibility index (Phi) is 19.1. The summed E-state index contributed by atoms with van der Waals surface area (Å²) in [6.45, 7) is 11.5. The van der Waals surface area contributed by atoms with E-state index in [0.717, 1.165) is 117 Å². The minimum absolute atomic E-state index is 0.0304. The van der Waals surface area contributed by atoms with E-state index < -0.39 is 0 Å². The van der Waals surface area contributed by atoms with Crippen LogP contribution in [0, 0.1) is 0 Å². The van der Waals surface area contributed by atoms with Gasteiger partial charge in [-0.2, -0.15) is 0 Å². The van der Waals surface area contributed by atoms with E-state index in [0.29, 0.717) is 37.6 Å². The Morgan fingerprint density at radius 2 is 0.613 bits per heavy atom. The summed E-state index contributed by atoms with van der Waals surface area (Å²) >= 11 is 0. The summed E-state index contributed by atoms with van der Waals surface area (Å²) in [5, 5.41) is 5.89. The summed E-state index contributed by atoms with van der Waals surface area (Å²) < 4.78 is 26.9. The average Bonchev–Trinajstić information content (AvgIpc) is 3.61. The van der Waals surface area contributed by atoms with Crippen LogP contribution in [0.4, 0.5) is 0 Å². The highest BCUT2D eigenvalue weighted by Crippen LogP contribution is 2.40. The summed E-state index contributed by atoms with van der Waals surface area (Å²) in [5.74, 6) is 3.02. The predicted molar refractivity (Wildman–Crippen MR) is 261 cm³/mol. The van der Waals surface area contributed by atoms with E-state index in [-0.39, 0.29) is 5.78 Å². The minimum atomic E-state index is 0.0304. The number of carbonyl (C=O) groups excluding carboxylic acids is 1. The number of ether oxygens (including phenoxy) is 4. The normalized spacial score (nSPS) is 12.4. The van der Waals surface area contributed by atoms with Crippen molar-refractivity contribution in [3.05, 3.63) is 106 Å². The van der Waals surface area contributed by atoms with E-state index in [4.69, 9.17) is 18.9 Å². The second kappa shape index (κ2) is 25.4. The second-order valence-electron chi connectivity index (χ2n) is 17.3. The molecule has 5 heteroatoms. The highest BCUT2D eigenvalue weighted by Gasteiger charge is 2.30. The number of benzene rings is 5. The van der Waals surface area contributed by atoms with E-state index in [2.05, 4.69) is 76.2 Å². The molecule has 5 nitrogen and oxygen atoms in total. The molecule has 0 fully saturated rings. The molecule has 0 aromatic heterocycles. The number of carbonyl (C=O) groups is 1. The van der Waals surface area contributed by atoms with Gasteiger partial charge in [0.15, 0.2) is 28.8 Å². The molecule has 0 saturated carbocycles. The lowest BCUT2D eigenvalue weighted by Crippen LogP contribution is -2.27. The summed E-state index contributed by atoms with van der Waals surface area (Å²) in [7, 11) is 0. The van der Waals surface area contributed by atoms with Gasteiger partial charge in [-0.3, -0.25) is 4.79 Å². The molecule has 0 radical (unpaired) electrons. The molecule has 0 unspecified atom stereocenters. The van der Waals surface area contributed by atoms with Crippen molar-refractivity contribution < 1.29 is 23.7 Å². The number of hydrogen-bond acceptors (Lipinski definition) is 5. The van der Waals surface area contributed by atoms with Gasteiger partial charge in [-0.25, -0.2) is 0 Å². The van der Waals surface area contributed by atoms with Gasteiger partial charge in [-0.05, 0) is 82.6 Å². The molecular weight excluding hydrogens is 765 g/mol. The fourth-order valence-electron chi connectivity index (χ4n) is 8.88. The van der Waals surface area contributed by atoms with Crippen LogP contribution in [0.15, 0.2) is 84.9 Å². The Labute approximate surface area is 372 Å². The number of hydrogen-bond donors (Lipinski definition) is 0. The summed E-state index contributed by atoms with van der Waals surface area (Å²) in [4.78, 5) is 15.3. The highest BCUT2D eigenvalue weighted by atomic mass is 16.5. The Bertz CT molecular complexity index is 2120. The van der Waals surface area contributed by atoms with Gasteiger partial charge in [0, 0.05) is 21.6 Å². The molecule has 1 aliphatic carbocycles. The Balaban J connectivity index is 1.61. The van der Waals surface area contributed by atoms with Crippen molar-refractivity contribution in [1.82, 2.24) is 0 Å². The summed E-state index contributed by atoms with van der Waals surface area (Å²) in [6.07, 6.45) is 23.2. The van der Waals surface area contributed by atoms with E-state index in [1.54, 1.807) is 0 Å². The zero-order valence-corrected chi connectivity index (χ0v) is 38.6. The third-order valence-electron chi connectivity index (χ3n) is 12.3. The summed E-state index contributed by atoms with van der Waals surface area (Å²) in [6, 6.07) is 29.1. The van der Waals surface area contributed by atoms with Crippen LogP contribution < -0.4 is 29.4 Å². The van der Waals surface area contributed by atoms with Gasteiger partial charge in [-0.1, -0.05) is 191 Å². The highest BCUT2D eigenvalue weighted by molar-refractivity contribution is 6.45. The lowest BCUT2D eigenvalue weighted by molar-refractivity contribution is -0.108. The molecule has 0 atom stereocenters. The Morgan fingerprint density at radius 1 is 0.339 bits per heavy atom. The van der Waals surface area contributed by atoms with Gasteiger partial charge in [0.1, 0.15) is 0 Å². The van der Waals surface area contributed by atoms with E-state index >= 15 is 4.79 Å². The van der Waals surface area contributed by atoms with Gasteiger partial charge < -0.3 is 18.9 Å². The molecule has 5 aromatic carbocycles. The van der Waals surface area contributed by atoms with Gasteiger partial charge in [0.25, 0.3) is 0 Å². The molecule has 0 aliphatic heterocycles. The number of ketones is 1. The fourth-order valence-corrected chi connectivity index (χ4v) is 8.88. The third kappa shape index (κ3) is 12.2. The SMILES string of the molecule is CCCCCCCOc1cc2c3c(c4cc(OCCCCCCC)c(OCCCCCCC)cc4c2cc1OCCCCCCC)=C(c1ccccc1)C(=O)C=3c1ccccc1. The van der Waals surface area contributed by atoms with Crippen molar-refractivity contribution in [2.24, 2.45) is 0 Å². The van der Waals surface area contributed by atoms with Crippen molar-refractivity contribution in [1.29, 1.82) is 0 Å². The van der Waals surface area contributed by atoms with Crippen LogP contribution in [0.1, 0.15) is 167 Å². The Hall–Kier alpha value is -4.77. The van der Waals surface area contributed by atoms with Crippen LogP contribution in [0.3, 0.4) is 0 Å². The molecule has 6 rings (SSSR count). The molecule has 0 N–H and O–H groups in total. The van der Waals surface area contributed by atoms with E-state index in [1.807, 2.05) is 36.4 Å². The van der Waals surface area contributed by atoms with Gasteiger partial charge in [0.2, 0.25) is 0 Å². The van der Waals surface area contributed by atoms with E-state index in [9.17, 15) is 0 Å². The van der Waals surface area contributed by atoms with Crippen LogP contribution in [-0.2, 0) is 4.79 Å². The molecule has 0 bridgehead atoms. The molecule has 0 heterocycles. The molecule has 0 amide bonds. The van der Waals surface area contributed by atoms with Gasteiger partial charge in [0.05, 0.1) is 26.4 Å². The molecule has 62 heavy (non-hydrogen) atoms. The molecular formula is C57H74O5. The smallest absolute Gasteiger partial charge is 0.195 e. The first-order valence-corrected chi connectivity index (χ1v) is 24.6. The molecule has 0 saturated heterocycles. The van der Waals surface area contributed by atoms with Crippen molar-refractivity contribution >= 4 is 38.5 Å². The van der Waals surface area contributed by atoms with Crippen LogP contribution >= 0.6 is 0 Å². The zero-order chi connectivity index (χ0) is 43.4. The first kappa shape index (κ1) is 46.7. The van der Waals surface area contributed by atoms with Crippen molar-refractivity contribution in [3.8, 4) is 23.0 Å². The Morgan fingerprint density at radius 3 is 0.903 bits per heavy atom. The number of rotatable bonds is 30. The first-order chi connectivity index (χ1) is 30.6. The van der Waals surface area contributed by atoms with Crippen LogP contribution in [0.25, 0.3) is 32.7 Å². The fraction of sp³-hybridized carbons (Fsp3) is 0.491.